The Morgan fingerprint density at radius 1 is 1.05 bits per heavy atom. The van der Waals surface area contributed by atoms with Gasteiger partial charge in [-0.2, -0.15) is 0 Å². The number of aromatic nitrogens is 4. The number of likely N-dealkylation sites (N-methyl/N-ethyl adjacent to an activating group) is 1. The second kappa shape index (κ2) is 11.5. The average Bonchev–Trinajstić information content (AvgIpc) is 3.60. The first kappa shape index (κ1) is 26.7. The molecule has 3 aliphatic rings. The normalized spacial score (nSPS) is 30.3. The molecule has 1 aromatic carbocycles. The molecule has 4 unspecified atom stereocenters. The Morgan fingerprint density at radius 2 is 1.95 bits per heavy atom. The molecule has 2 aromatic heterocycles. The van der Waals surface area contributed by atoms with Crippen LogP contribution >= 0.6 is 11.6 Å². The molecule has 9 nitrogen and oxygen atoms in total. The Hall–Kier alpha value is -2.56. The van der Waals surface area contributed by atoms with Crippen LogP contribution in [0.3, 0.4) is 0 Å². The maximum atomic E-state index is 13.7. The van der Waals surface area contributed by atoms with E-state index in [-0.39, 0.29) is 17.6 Å². The van der Waals surface area contributed by atoms with Gasteiger partial charge in [0.25, 0.3) is 5.56 Å². The van der Waals surface area contributed by atoms with Crippen molar-refractivity contribution in [3.63, 3.8) is 0 Å². The van der Waals surface area contributed by atoms with Crippen molar-refractivity contribution in [1.82, 2.24) is 40.2 Å². The molecule has 39 heavy (non-hydrogen) atoms. The highest BCUT2D eigenvalue weighted by Crippen LogP contribution is 2.34. The number of hydrogen-bond acceptors (Lipinski definition) is 7. The number of piperidine rings is 1. The number of benzene rings is 1. The highest BCUT2D eigenvalue weighted by Gasteiger charge is 2.41. The number of rotatable bonds is 3. The maximum absolute atomic E-state index is 13.7. The summed E-state index contributed by atoms with van der Waals surface area (Å²) in [6.07, 6.45) is 12.5. The fourth-order valence-corrected chi connectivity index (χ4v) is 7.14. The molecule has 0 aliphatic carbocycles. The van der Waals surface area contributed by atoms with Crippen LogP contribution in [0.15, 0.2) is 54.1 Å². The van der Waals surface area contributed by atoms with Crippen molar-refractivity contribution >= 4 is 11.6 Å². The predicted octanol–water partition coefficient (Wildman–Crippen LogP) is 3.26. The van der Waals surface area contributed by atoms with Gasteiger partial charge in [-0.1, -0.05) is 24.9 Å². The third kappa shape index (κ3) is 5.56. The number of fused-ring (bicyclic) bond motifs is 4. The van der Waals surface area contributed by atoms with E-state index in [4.69, 9.17) is 16.6 Å². The number of nitrogens with zero attached hydrogens (tertiary/aromatic N) is 5. The smallest absolute Gasteiger partial charge is 0.254 e. The zero-order chi connectivity index (χ0) is 26.9. The number of imidazole rings is 1. The zero-order valence-corrected chi connectivity index (χ0v) is 23.5. The Kier molecular flexibility index (Phi) is 7.86. The Morgan fingerprint density at radius 3 is 2.77 bits per heavy atom. The van der Waals surface area contributed by atoms with Crippen molar-refractivity contribution in [2.24, 2.45) is 11.8 Å². The third-order valence-corrected chi connectivity index (χ3v) is 9.22. The van der Waals surface area contributed by atoms with Gasteiger partial charge in [-0.25, -0.2) is 15.0 Å². The van der Waals surface area contributed by atoms with Gasteiger partial charge in [-0.3, -0.25) is 14.8 Å². The van der Waals surface area contributed by atoms with Gasteiger partial charge in [0.2, 0.25) is 0 Å². The summed E-state index contributed by atoms with van der Waals surface area (Å²) in [6.45, 7) is 5.31. The molecule has 0 amide bonds. The summed E-state index contributed by atoms with van der Waals surface area (Å²) in [5.41, 5.74) is 5.86. The van der Waals surface area contributed by atoms with Crippen molar-refractivity contribution in [1.29, 1.82) is 0 Å². The van der Waals surface area contributed by atoms with Crippen LogP contribution in [0.5, 0.6) is 0 Å². The molecular weight excluding hydrogens is 512 g/mol. The molecule has 3 aromatic rings. The summed E-state index contributed by atoms with van der Waals surface area (Å²) >= 11 is 6.37. The van der Waals surface area contributed by atoms with Crippen molar-refractivity contribution < 1.29 is 0 Å². The Bertz CT molecular complexity index is 1330. The van der Waals surface area contributed by atoms with Gasteiger partial charge < -0.3 is 15.2 Å². The molecule has 208 valence electrons. The molecule has 3 fully saturated rings. The second-order valence-corrected chi connectivity index (χ2v) is 12.0. The van der Waals surface area contributed by atoms with E-state index < -0.39 is 0 Å². The molecule has 6 atom stereocenters. The van der Waals surface area contributed by atoms with Crippen molar-refractivity contribution in [3.05, 3.63) is 64.7 Å². The van der Waals surface area contributed by atoms with Gasteiger partial charge in [0.05, 0.1) is 30.1 Å². The lowest BCUT2D eigenvalue weighted by atomic mass is 9.80. The lowest BCUT2D eigenvalue weighted by Gasteiger charge is -2.42. The van der Waals surface area contributed by atoms with Gasteiger partial charge in [0.15, 0.2) is 0 Å². The lowest BCUT2D eigenvalue weighted by Crippen LogP contribution is -2.54. The first-order valence-electron chi connectivity index (χ1n) is 14.3. The van der Waals surface area contributed by atoms with E-state index in [0.29, 0.717) is 34.6 Å². The minimum absolute atomic E-state index is 0.0233. The van der Waals surface area contributed by atoms with Crippen molar-refractivity contribution in [2.75, 3.05) is 26.7 Å². The van der Waals surface area contributed by atoms with E-state index in [1.165, 1.54) is 0 Å². The van der Waals surface area contributed by atoms with Gasteiger partial charge >= 0.3 is 0 Å². The van der Waals surface area contributed by atoms with Gasteiger partial charge in [0, 0.05) is 60.8 Å². The van der Waals surface area contributed by atoms with Gasteiger partial charge in [0.1, 0.15) is 0 Å². The molecular formula is C29H39ClN8O. The quantitative estimate of drug-likeness (QED) is 0.461. The highest BCUT2D eigenvalue weighted by molar-refractivity contribution is 6.31. The minimum atomic E-state index is -0.0233. The molecule has 3 saturated heterocycles. The van der Waals surface area contributed by atoms with Crippen LogP contribution < -0.4 is 21.6 Å². The molecule has 2 bridgehead atoms. The van der Waals surface area contributed by atoms with Gasteiger partial charge in [-0.05, 0) is 68.8 Å². The van der Waals surface area contributed by atoms with E-state index in [1.807, 2.05) is 33.5 Å². The Labute approximate surface area is 234 Å². The first-order chi connectivity index (χ1) is 19.0. The molecule has 3 N–H and O–H groups in total. The molecule has 3 aliphatic heterocycles. The highest BCUT2D eigenvalue weighted by atomic mass is 35.5. The summed E-state index contributed by atoms with van der Waals surface area (Å²) in [5.74, 6) is 1.14. The summed E-state index contributed by atoms with van der Waals surface area (Å²) in [5, 5.41) is 10.6. The van der Waals surface area contributed by atoms with E-state index in [9.17, 15) is 4.79 Å². The van der Waals surface area contributed by atoms with Gasteiger partial charge in [-0.15, -0.1) is 0 Å². The van der Waals surface area contributed by atoms with Crippen LogP contribution in [0.2, 0.25) is 5.02 Å². The topological polar surface area (TPSA) is 92.0 Å². The number of hydrogen-bond donors (Lipinski definition) is 3. The van der Waals surface area contributed by atoms with Crippen molar-refractivity contribution in [3.8, 4) is 16.9 Å². The van der Waals surface area contributed by atoms with Crippen LogP contribution in [0.25, 0.3) is 16.9 Å². The van der Waals surface area contributed by atoms with E-state index in [1.54, 1.807) is 24.9 Å². The zero-order valence-electron chi connectivity index (χ0n) is 22.8. The van der Waals surface area contributed by atoms with Crippen LogP contribution in [-0.2, 0) is 0 Å². The third-order valence-electron chi connectivity index (χ3n) is 8.98. The SMILES string of the molecule is C[C@@H]1CCC[C@H](n2cnc(-c3cc(Cl)ccc3-n3ccnc3)cc2=O)C2CC(CCN2)C2C(CNN2C)NC1. The summed E-state index contributed by atoms with van der Waals surface area (Å²) in [7, 11) is 2.18. The maximum Gasteiger partial charge on any atom is 0.254 e. The summed E-state index contributed by atoms with van der Waals surface area (Å²) in [4.78, 5) is 22.7. The second-order valence-electron chi connectivity index (χ2n) is 11.6. The fraction of sp³-hybridized carbons (Fsp3) is 0.552. The summed E-state index contributed by atoms with van der Waals surface area (Å²) in [6, 6.07) is 8.50. The van der Waals surface area contributed by atoms with E-state index in [2.05, 4.69) is 40.0 Å². The lowest BCUT2D eigenvalue weighted by molar-refractivity contribution is 0.108. The molecule has 10 heteroatoms. The van der Waals surface area contributed by atoms with Crippen LogP contribution in [0.1, 0.15) is 45.1 Å². The van der Waals surface area contributed by atoms with E-state index >= 15 is 0 Å². The minimum Gasteiger partial charge on any atom is -0.312 e. The summed E-state index contributed by atoms with van der Waals surface area (Å²) < 4.78 is 3.80. The Balaban J connectivity index is 1.33. The number of nitrogens with one attached hydrogen (secondary N) is 3. The molecule has 6 rings (SSSR count). The average molecular weight is 551 g/mol. The fourth-order valence-electron chi connectivity index (χ4n) is 6.97. The number of halogens is 1. The monoisotopic (exact) mass is 550 g/mol. The van der Waals surface area contributed by atoms with Crippen LogP contribution in [0, 0.1) is 11.8 Å². The number of hydrazine groups is 1. The molecule has 0 saturated carbocycles. The predicted molar refractivity (Wildman–Crippen MR) is 154 cm³/mol. The van der Waals surface area contributed by atoms with Crippen LogP contribution in [-0.4, -0.2) is 68.9 Å². The molecule has 5 heterocycles. The molecule has 0 radical (unpaired) electrons. The van der Waals surface area contributed by atoms with E-state index in [0.717, 1.165) is 63.0 Å². The standard InChI is InChI=1S/C29H39ClN8O/c1-19-4-3-5-27(24-12-20(8-9-32-24)29-25(33-15-19)16-35-36(29)2)38-18-34-23(14-28(38)39)22-13-21(30)6-7-26(22)37-11-10-31-17-37/h6-7,10-11,13-14,17-20,24-25,27,29,32-33,35H,3-5,8-9,12,15-16H2,1-2H3/t19-,20?,24?,25?,27+,29?/m1/s1. The largest absolute Gasteiger partial charge is 0.312 e. The van der Waals surface area contributed by atoms with Crippen molar-refractivity contribution in [2.45, 2.75) is 63.2 Å². The molecule has 0 spiro atoms. The first-order valence-corrected chi connectivity index (χ1v) is 14.7. The van der Waals surface area contributed by atoms with Crippen LogP contribution in [0.4, 0.5) is 0 Å².